The van der Waals surface area contributed by atoms with Gasteiger partial charge < -0.3 is 0 Å². The molecule has 0 unspecified atom stereocenters. The van der Waals surface area contributed by atoms with Gasteiger partial charge in [0.25, 0.3) is 0 Å². The molecular weight excluding hydrogens is 136 g/mol. The van der Waals surface area contributed by atoms with E-state index in [0.29, 0.717) is 0 Å². The largest absolute Gasteiger partial charge is 0.0791 e. The molecule has 2 aliphatic carbocycles. The second-order valence-corrected chi connectivity index (χ2v) is 6.04. The Labute approximate surface area is 64.2 Å². The first-order valence-electron chi connectivity index (χ1n) is 3.99. The van der Waals surface area contributed by atoms with Crippen LogP contribution in [0, 0.1) is 0 Å². The lowest BCUT2D eigenvalue weighted by Gasteiger charge is -2.07. The van der Waals surface area contributed by atoms with Crippen molar-refractivity contribution in [2.45, 2.75) is 32.4 Å². The van der Waals surface area contributed by atoms with Crippen molar-refractivity contribution < 1.29 is 0 Å². The summed E-state index contributed by atoms with van der Waals surface area (Å²) in [5.41, 5.74) is 3.48. The molecule has 10 heavy (non-hydrogen) atoms. The summed E-state index contributed by atoms with van der Waals surface area (Å²) in [6.45, 7) is 4.79. The first kappa shape index (κ1) is 6.41. The molecule has 0 spiro atoms. The SMILES string of the molecule is C[Si](C)C1=C2CCC(=C1)C2. The van der Waals surface area contributed by atoms with Crippen LogP contribution in [0.25, 0.3) is 0 Å². The van der Waals surface area contributed by atoms with Crippen LogP contribution >= 0.6 is 0 Å². The van der Waals surface area contributed by atoms with Crippen molar-refractivity contribution in [3.63, 3.8) is 0 Å². The van der Waals surface area contributed by atoms with E-state index in [9.17, 15) is 0 Å². The summed E-state index contributed by atoms with van der Waals surface area (Å²) in [5, 5.41) is 1.74. The zero-order valence-electron chi connectivity index (χ0n) is 6.70. The molecule has 1 fully saturated rings. The van der Waals surface area contributed by atoms with E-state index < -0.39 is 0 Å². The minimum atomic E-state index is -0.139. The van der Waals surface area contributed by atoms with E-state index in [1.54, 1.807) is 16.3 Å². The highest BCUT2D eigenvalue weighted by atomic mass is 28.3. The maximum absolute atomic E-state index is 2.47. The number of fused-ring (bicyclic) bond motifs is 2. The van der Waals surface area contributed by atoms with Gasteiger partial charge in [-0.15, -0.1) is 0 Å². The lowest BCUT2D eigenvalue weighted by atomic mass is 10.2. The predicted molar refractivity (Wildman–Crippen MR) is 46.4 cm³/mol. The molecule has 0 aliphatic heterocycles. The van der Waals surface area contributed by atoms with Crippen molar-refractivity contribution in [3.8, 4) is 0 Å². The fraction of sp³-hybridized carbons (Fsp3) is 0.556. The Bertz CT molecular complexity index is 221. The van der Waals surface area contributed by atoms with E-state index >= 15 is 0 Å². The Hall–Kier alpha value is -0.303. The average molecular weight is 149 g/mol. The van der Waals surface area contributed by atoms with Gasteiger partial charge in [0, 0.05) is 0 Å². The number of allylic oxidation sites excluding steroid dienone is 4. The van der Waals surface area contributed by atoms with Gasteiger partial charge in [-0.05, 0) is 19.3 Å². The molecule has 2 bridgehead atoms. The van der Waals surface area contributed by atoms with Gasteiger partial charge in [-0.3, -0.25) is 0 Å². The van der Waals surface area contributed by atoms with Gasteiger partial charge in [0.2, 0.25) is 0 Å². The summed E-state index contributed by atoms with van der Waals surface area (Å²) in [6.07, 6.45) is 6.56. The number of hydrogen-bond donors (Lipinski definition) is 0. The zero-order valence-corrected chi connectivity index (χ0v) is 7.70. The Morgan fingerprint density at radius 2 is 2.10 bits per heavy atom. The first-order valence-corrected chi connectivity index (χ1v) is 6.49. The number of hydrogen-bond acceptors (Lipinski definition) is 0. The van der Waals surface area contributed by atoms with Gasteiger partial charge in [0.1, 0.15) is 0 Å². The van der Waals surface area contributed by atoms with Gasteiger partial charge in [0.05, 0.1) is 8.80 Å². The van der Waals surface area contributed by atoms with Crippen LogP contribution in [-0.2, 0) is 0 Å². The summed E-state index contributed by atoms with van der Waals surface area (Å²) in [4.78, 5) is 0. The fourth-order valence-corrected chi connectivity index (χ4v) is 3.33. The van der Waals surface area contributed by atoms with Crippen molar-refractivity contribution in [3.05, 3.63) is 22.4 Å². The molecule has 0 aromatic heterocycles. The molecule has 0 N–H and O–H groups in total. The Morgan fingerprint density at radius 3 is 2.40 bits per heavy atom. The topological polar surface area (TPSA) is 0 Å². The van der Waals surface area contributed by atoms with E-state index in [1.807, 2.05) is 0 Å². The van der Waals surface area contributed by atoms with Crippen LogP contribution in [0.1, 0.15) is 19.3 Å². The second-order valence-electron chi connectivity index (χ2n) is 3.50. The van der Waals surface area contributed by atoms with Crippen LogP contribution in [0.15, 0.2) is 22.4 Å². The molecular formula is C9H13Si. The minimum absolute atomic E-state index is 0.139. The van der Waals surface area contributed by atoms with Crippen LogP contribution in [0.5, 0.6) is 0 Å². The Morgan fingerprint density at radius 1 is 1.30 bits per heavy atom. The molecule has 0 saturated heterocycles. The van der Waals surface area contributed by atoms with E-state index in [0.717, 1.165) is 0 Å². The van der Waals surface area contributed by atoms with Gasteiger partial charge in [-0.2, -0.15) is 0 Å². The van der Waals surface area contributed by atoms with Crippen molar-refractivity contribution in [1.82, 2.24) is 0 Å². The molecule has 1 heteroatoms. The van der Waals surface area contributed by atoms with E-state index in [-0.39, 0.29) is 8.80 Å². The second kappa shape index (κ2) is 2.09. The third kappa shape index (κ3) is 0.806. The van der Waals surface area contributed by atoms with Gasteiger partial charge in [-0.1, -0.05) is 35.5 Å². The molecule has 0 aromatic rings. The summed E-state index contributed by atoms with van der Waals surface area (Å²) >= 11 is 0. The van der Waals surface area contributed by atoms with Gasteiger partial charge in [-0.25, -0.2) is 0 Å². The molecule has 1 radical (unpaired) electrons. The molecule has 0 amide bonds. The first-order chi connectivity index (χ1) is 4.77. The average Bonchev–Trinajstić information content (AvgIpc) is 2.44. The van der Waals surface area contributed by atoms with Crippen LogP contribution in [-0.4, -0.2) is 8.80 Å². The highest BCUT2D eigenvalue weighted by molar-refractivity contribution is 6.65. The molecule has 0 heterocycles. The molecule has 53 valence electrons. The van der Waals surface area contributed by atoms with E-state index in [2.05, 4.69) is 19.2 Å². The van der Waals surface area contributed by atoms with Crippen molar-refractivity contribution in [2.75, 3.05) is 0 Å². The predicted octanol–water partition coefficient (Wildman–Crippen LogP) is 2.70. The Balaban J connectivity index is 2.31. The van der Waals surface area contributed by atoms with Crippen LogP contribution in [0.4, 0.5) is 0 Å². The lowest BCUT2D eigenvalue weighted by Crippen LogP contribution is -2.05. The Kier molecular flexibility index (Phi) is 1.34. The highest BCUT2D eigenvalue weighted by Gasteiger charge is 2.23. The maximum Gasteiger partial charge on any atom is 0.0791 e. The van der Waals surface area contributed by atoms with Crippen LogP contribution in [0.2, 0.25) is 13.1 Å². The summed E-state index contributed by atoms with van der Waals surface area (Å²) in [7, 11) is -0.139. The van der Waals surface area contributed by atoms with Crippen molar-refractivity contribution in [2.24, 2.45) is 0 Å². The van der Waals surface area contributed by atoms with Crippen LogP contribution in [0.3, 0.4) is 0 Å². The molecule has 0 aromatic carbocycles. The van der Waals surface area contributed by atoms with Crippen molar-refractivity contribution >= 4 is 8.80 Å². The quantitative estimate of drug-likeness (QED) is 0.503. The highest BCUT2D eigenvalue weighted by Crippen LogP contribution is 2.39. The zero-order chi connectivity index (χ0) is 7.14. The van der Waals surface area contributed by atoms with Gasteiger partial charge in [0.15, 0.2) is 0 Å². The molecule has 0 atom stereocenters. The number of rotatable bonds is 1. The van der Waals surface area contributed by atoms with E-state index in [4.69, 9.17) is 0 Å². The third-order valence-corrected chi connectivity index (χ3v) is 4.03. The minimum Gasteiger partial charge on any atom is -0.0671 e. The van der Waals surface area contributed by atoms with Crippen LogP contribution < -0.4 is 0 Å². The normalized spacial score (nSPS) is 22.9. The maximum atomic E-state index is 2.47. The lowest BCUT2D eigenvalue weighted by molar-refractivity contribution is 1.03. The van der Waals surface area contributed by atoms with E-state index in [1.165, 1.54) is 19.3 Å². The standard InChI is InChI=1S/C9H13Si/c1-10(2)9-6-7-3-4-8(9)5-7/h6H,3-5H2,1-2H3. The van der Waals surface area contributed by atoms with Gasteiger partial charge >= 0.3 is 0 Å². The summed E-state index contributed by atoms with van der Waals surface area (Å²) < 4.78 is 0. The fourth-order valence-electron chi connectivity index (χ4n) is 1.92. The molecule has 2 aliphatic rings. The summed E-state index contributed by atoms with van der Waals surface area (Å²) in [6, 6.07) is 0. The third-order valence-electron chi connectivity index (χ3n) is 2.46. The smallest absolute Gasteiger partial charge is 0.0671 e. The molecule has 0 nitrogen and oxygen atoms in total. The molecule has 1 saturated carbocycles. The summed E-state index contributed by atoms with van der Waals surface area (Å²) in [5.74, 6) is 0. The monoisotopic (exact) mass is 149 g/mol. The molecule has 2 rings (SSSR count). The van der Waals surface area contributed by atoms with Crippen molar-refractivity contribution in [1.29, 1.82) is 0 Å².